The lowest BCUT2D eigenvalue weighted by Crippen LogP contribution is -2.20. The zero-order valence-corrected chi connectivity index (χ0v) is 11.9. The summed E-state index contributed by atoms with van der Waals surface area (Å²) in [6.45, 7) is 0. The molecule has 1 heterocycles. The van der Waals surface area contributed by atoms with Crippen LogP contribution in [0.15, 0.2) is 29.3 Å². The van der Waals surface area contributed by atoms with Crippen LogP contribution >= 0.6 is 0 Å². The SMILES string of the molecule is CN(C)/C=N/c1c2c(nc3ccccc13)CCC(O)C2. The molecule has 3 rings (SSSR count). The summed E-state index contributed by atoms with van der Waals surface area (Å²) in [5.74, 6) is 0. The van der Waals surface area contributed by atoms with Crippen molar-refractivity contribution in [2.45, 2.75) is 25.4 Å². The van der Waals surface area contributed by atoms with Gasteiger partial charge in [-0.2, -0.15) is 0 Å². The predicted octanol–water partition coefficient (Wildman–Crippen LogP) is 2.31. The van der Waals surface area contributed by atoms with E-state index in [4.69, 9.17) is 4.98 Å². The molecule has 1 aromatic carbocycles. The fraction of sp³-hybridized carbons (Fsp3) is 0.375. The fourth-order valence-electron chi connectivity index (χ4n) is 2.67. The minimum Gasteiger partial charge on any atom is -0.393 e. The first-order chi connectivity index (χ1) is 9.65. The number of para-hydroxylation sites is 1. The van der Waals surface area contributed by atoms with Crippen molar-refractivity contribution in [3.05, 3.63) is 35.5 Å². The van der Waals surface area contributed by atoms with E-state index in [9.17, 15) is 5.11 Å². The highest BCUT2D eigenvalue weighted by Crippen LogP contribution is 2.35. The van der Waals surface area contributed by atoms with Gasteiger partial charge in [0, 0.05) is 37.2 Å². The molecule has 0 radical (unpaired) electrons. The number of hydrogen-bond acceptors (Lipinski definition) is 3. The number of benzene rings is 1. The van der Waals surface area contributed by atoms with Crippen LogP contribution in [0, 0.1) is 0 Å². The van der Waals surface area contributed by atoms with E-state index in [1.807, 2.05) is 49.6 Å². The molecule has 4 nitrogen and oxygen atoms in total. The van der Waals surface area contributed by atoms with Crippen molar-refractivity contribution in [3.8, 4) is 0 Å². The second-order valence-electron chi connectivity index (χ2n) is 5.51. The van der Waals surface area contributed by atoms with E-state index in [1.165, 1.54) is 0 Å². The second-order valence-corrected chi connectivity index (χ2v) is 5.51. The van der Waals surface area contributed by atoms with Gasteiger partial charge in [0.25, 0.3) is 0 Å². The van der Waals surface area contributed by atoms with Gasteiger partial charge >= 0.3 is 0 Å². The van der Waals surface area contributed by atoms with Crippen LogP contribution in [0.2, 0.25) is 0 Å². The number of hydrogen-bond donors (Lipinski definition) is 1. The first kappa shape index (κ1) is 13.1. The first-order valence-corrected chi connectivity index (χ1v) is 6.94. The van der Waals surface area contributed by atoms with Gasteiger partial charge in [0.05, 0.1) is 23.6 Å². The quantitative estimate of drug-likeness (QED) is 0.672. The van der Waals surface area contributed by atoms with E-state index >= 15 is 0 Å². The van der Waals surface area contributed by atoms with Gasteiger partial charge in [0.1, 0.15) is 0 Å². The Morgan fingerprint density at radius 2 is 2.15 bits per heavy atom. The number of aliphatic hydroxyl groups excluding tert-OH is 1. The average molecular weight is 269 g/mol. The molecule has 1 aromatic heterocycles. The maximum Gasteiger partial charge on any atom is 0.0907 e. The summed E-state index contributed by atoms with van der Waals surface area (Å²) in [7, 11) is 3.91. The van der Waals surface area contributed by atoms with Gasteiger partial charge < -0.3 is 10.0 Å². The van der Waals surface area contributed by atoms with E-state index < -0.39 is 0 Å². The third kappa shape index (κ3) is 2.39. The Kier molecular flexibility index (Phi) is 3.40. The molecule has 1 aliphatic rings. The molecule has 1 atom stereocenters. The molecule has 20 heavy (non-hydrogen) atoms. The predicted molar refractivity (Wildman–Crippen MR) is 81.6 cm³/mol. The summed E-state index contributed by atoms with van der Waals surface area (Å²) in [6, 6.07) is 8.07. The normalized spacial score (nSPS) is 18.4. The smallest absolute Gasteiger partial charge is 0.0907 e. The third-order valence-electron chi connectivity index (χ3n) is 3.62. The van der Waals surface area contributed by atoms with Crippen molar-refractivity contribution in [2.24, 2.45) is 4.99 Å². The van der Waals surface area contributed by atoms with Gasteiger partial charge in [-0.05, 0) is 18.9 Å². The van der Waals surface area contributed by atoms with Gasteiger partial charge in [-0.15, -0.1) is 0 Å². The molecule has 4 heteroatoms. The molecular formula is C16H19N3O. The van der Waals surface area contributed by atoms with Crippen molar-refractivity contribution < 1.29 is 5.11 Å². The van der Waals surface area contributed by atoms with Crippen LogP contribution < -0.4 is 0 Å². The number of nitrogens with zero attached hydrogens (tertiary/aromatic N) is 3. The molecule has 104 valence electrons. The fourth-order valence-corrected chi connectivity index (χ4v) is 2.67. The molecule has 1 aliphatic carbocycles. The summed E-state index contributed by atoms with van der Waals surface area (Å²) < 4.78 is 0. The highest BCUT2D eigenvalue weighted by Gasteiger charge is 2.22. The van der Waals surface area contributed by atoms with Gasteiger partial charge in [0.15, 0.2) is 0 Å². The van der Waals surface area contributed by atoms with Crippen LogP contribution in [-0.4, -0.2) is 41.5 Å². The van der Waals surface area contributed by atoms with E-state index in [0.29, 0.717) is 6.42 Å². The molecule has 0 saturated carbocycles. The van der Waals surface area contributed by atoms with Gasteiger partial charge in [-0.3, -0.25) is 4.98 Å². The maximum atomic E-state index is 9.94. The van der Waals surface area contributed by atoms with E-state index in [-0.39, 0.29) is 6.10 Å². The second kappa shape index (κ2) is 5.21. The molecule has 0 fully saturated rings. The van der Waals surface area contributed by atoms with E-state index in [2.05, 4.69) is 4.99 Å². The number of aliphatic imine (C=N–C) groups is 1. The van der Waals surface area contributed by atoms with Gasteiger partial charge in [0.2, 0.25) is 0 Å². The number of pyridine rings is 1. The Morgan fingerprint density at radius 1 is 1.35 bits per heavy atom. The van der Waals surface area contributed by atoms with Crippen molar-refractivity contribution in [3.63, 3.8) is 0 Å². The lowest BCUT2D eigenvalue weighted by Gasteiger charge is -2.22. The zero-order chi connectivity index (χ0) is 14.1. The molecule has 1 unspecified atom stereocenters. The van der Waals surface area contributed by atoms with Crippen LogP contribution in [0.5, 0.6) is 0 Å². The van der Waals surface area contributed by atoms with Crippen LogP contribution in [0.3, 0.4) is 0 Å². The third-order valence-corrected chi connectivity index (χ3v) is 3.62. The number of rotatable bonds is 2. The van der Waals surface area contributed by atoms with Gasteiger partial charge in [-0.1, -0.05) is 18.2 Å². The lowest BCUT2D eigenvalue weighted by molar-refractivity contribution is 0.158. The zero-order valence-electron chi connectivity index (χ0n) is 11.9. The number of aryl methyl sites for hydroxylation is 1. The molecular weight excluding hydrogens is 250 g/mol. The molecule has 0 spiro atoms. The molecule has 2 aromatic rings. The van der Waals surface area contributed by atoms with Crippen LogP contribution in [0.4, 0.5) is 5.69 Å². The Labute approximate surface area is 118 Å². The molecule has 0 saturated heterocycles. The monoisotopic (exact) mass is 269 g/mol. The van der Waals surface area contributed by atoms with Crippen LogP contribution in [0.1, 0.15) is 17.7 Å². The Bertz CT molecular complexity index is 664. The van der Waals surface area contributed by atoms with Crippen LogP contribution in [-0.2, 0) is 12.8 Å². The Hall–Kier alpha value is -1.94. The summed E-state index contributed by atoms with van der Waals surface area (Å²) in [6.07, 6.45) is 3.79. The topological polar surface area (TPSA) is 48.7 Å². The first-order valence-electron chi connectivity index (χ1n) is 6.94. The number of aromatic nitrogens is 1. The minimum absolute atomic E-state index is 0.279. The summed E-state index contributed by atoms with van der Waals surface area (Å²) in [5.41, 5.74) is 4.12. The summed E-state index contributed by atoms with van der Waals surface area (Å²) in [5, 5.41) is 11.0. The molecule has 0 amide bonds. The lowest BCUT2D eigenvalue weighted by atomic mass is 9.91. The number of fused-ring (bicyclic) bond motifs is 2. The summed E-state index contributed by atoms with van der Waals surface area (Å²) in [4.78, 5) is 11.3. The van der Waals surface area contributed by atoms with Crippen molar-refractivity contribution in [1.82, 2.24) is 9.88 Å². The number of aliphatic hydroxyl groups is 1. The van der Waals surface area contributed by atoms with Crippen molar-refractivity contribution in [2.75, 3.05) is 14.1 Å². The van der Waals surface area contributed by atoms with Crippen LogP contribution in [0.25, 0.3) is 10.9 Å². The largest absolute Gasteiger partial charge is 0.393 e. The highest BCUT2D eigenvalue weighted by molar-refractivity contribution is 5.93. The van der Waals surface area contributed by atoms with Gasteiger partial charge in [-0.25, -0.2) is 4.99 Å². The van der Waals surface area contributed by atoms with E-state index in [0.717, 1.165) is 40.7 Å². The Morgan fingerprint density at radius 3 is 2.95 bits per heavy atom. The van der Waals surface area contributed by atoms with Crippen molar-refractivity contribution >= 4 is 22.9 Å². The maximum absolute atomic E-state index is 9.94. The molecule has 0 aliphatic heterocycles. The van der Waals surface area contributed by atoms with Crippen molar-refractivity contribution in [1.29, 1.82) is 0 Å². The summed E-state index contributed by atoms with van der Waals surface area (Å²) >= 11 is 0. The van der Waals surface area contributed by atoms with E-state index in [1.54, 1.807) is 0 Å². The molecule has 0 bridgehead atoms. The minimum atomic E-state index is -0.279. The highest BCUT2D eigenvalue weighted by atomic mass is 16.3. The average Bonchev–Trinajstić information content (AvgIpc) is 2.43. The standard InChI is InChI=1S/C16H19N3O/c1-19(2)10-17-16-12-5-3-4-6-14(12)18-15-8-7-11(20)9-13(15)16/h3-6,10-11,20H,7-9H2,1-2H3/b17-10+. The Balaban J connectivity index is 2.23. The molecule has 1 N–H and O–H groups in total.